The van der Waals surface area contributed by atoms with E-state index in [9.17, 15) is 9.36 Å². The van der Waals surface area contributed by atoms with E-state index in [4.69, 9.17) is 32.2 Å². The van der Waals surface area contributed by atoms with Gasteiger partial charge in [-0.15, -0.1) is 0 Å². The van der Waals surface area contributed by atoms with Crippen LogP contribution in [0.3, 0.4) is 0 Å². The Morgan fingerprint density at radius 2 is 1.13 bits per heavy atom. The molecular weight excluding hydrogens is 622 g/mol. The Balaban J connectivity index is 0.000000245. The second kappa shape index (κ2) is 21.3. The third-order valence-electron chi connectivity index (χ3n) is 6.19. The molecule has 0 bridgehead atoms. The van der Waals surface area contributed by atoms with E-state index in [0.717, 1.165) is 28.0 Å². The van der Waals surface area contributed by atoms with Crippen LogP contribution in [0.15, 0.2) is 115 Å². The third kappa shape index (κ3) is 15.4. The quantitative estimate of drug-likeness (QED) is 0.0694. The van der Waals surface area contributed by atoms with Crippen molar-refractivity contribution in [2.24, 2.45) is 0 Å². The summed E-state index contributed by atoms with van der Waals surface area (Å²) < 4.78 is 22.9. The van der Waals surface area contributed by atoms with Crippen molar-refractivity contribution in [1.82, 2.24) is 0 Å². The number of hydrogen-bond donors (Lipinski definition) is 0. The molecular formula is C38H41Cl2O4P. The smallest absolute Gasteiger partial charge is 0.309 e. The van der Waals surface area contributed by atoms with Crippen LogP contribution in [-0.2, 0) is 24.6 Å². The summed E-state index contributed by atoms with van der Waals surface area (Å²) in [5.74, 6) is 0. The highest BCUT2D eigenvalue weighted by Crippen LogP contribution is 2.51. The van der Waals surface area contributed by atoms with Crippen molar-refractivity contribution in [2.75, 3.05) is 13.2 Å². The van der Waals surface area contributed by atoms with Crippen molar-refractivity contribution in [3.63, 3.8) is 0 Å². The molecule has 0 aliphatic rings. The standard InChI is InChI=1S/C17H15Cl.C12H18ClO3P.C9H8O/c1-14-13-17(18)12-11-16(14)10-6-5-9-15-7-3-2-4-8-15;1-4-15-17(14,16-5-2)9-11-6-7-12(13)8-10(11)3;10-8-4-7-9-5-2-1-3-6-9/h2-13H,1H3;6-8H,4-5,9H2,1-3H3;1-8H/b9-5+,10-6+;;7-4+. The molecule has 0 saturated carbocycles. The number of hydrogen-bond acceptors (Lipinski definition) is 4. The van der Waals surface area contributed by atoms with Gasteiger partial charge in [0.05, 0.1) is 19.4 Å². The first-order chi connectivity index (χ1) is 21.7. The summed E-state index contributed by atoms with van der Waals surface area (Å²) in [6.45, 7) is 8.37. The molecule has 0 spiro atoms. The highest BCUT2D eigenvalue weighted by atomic mass is 35.5. The molecule has 236 valence electrons. The first kappa shape index (κ1) is 37.7. The Morgan fingerprint density at radius 1 is 0.644 bits per heavy atom. The summed E-state index contributed by atoms with van der Waals surface area (Å²) in [6.07, 6.45) is 12.6. The lowest BCUT2D eigenvalue weighted by Gasteiger charge is -2.18. The Kier molecular flexibility index (Phi) is 17.8. The molecule has 4 aromatic rings. The van der Waals surface area contributed by atoms with Crippen LogP contribution in [-0.4, -0.2) is 19.5 Å². The van der Waals surface area contributed by atoms with E-state index in [1.54, 1.807) is 26.0 Å². The van der Waals surface area contributed by atoms with Crippen molar-refractivity contribution >= 4 is 55.3 Å². The summed E-state index contributed by atoms with van der Waals surface area (Å²) in [5.41, 5.74) is 6.57. The van der Waals surface area contributed by atoms with Crippen molar-refractivity contribution in [3.8, 4) is 0 Å². The molecule has 45 heavy (non-hydrogen) atoms. The van der Waals surface area contributed by atoms with Crippen molar-refractivity contribution in [1.29, 1.82) is 0 Å². The van der Waals surface area contributed by atoms with Crippen LogP contribution < -0.4 is 0 Å². The Hall–Kier alpha value is -3.50. The lowest BCUT2D eigenvalue weighted by molar-refractivity contribution is -0.104. The van der Waals surface area contributed by atoms with E-state index in [0.29, 0.717) is 18.2 Å². The maximum atomic E-state index is 12.3. The summed E-state index contributed by atoms with van der Waals surface area (Å²) in [5, 5.41) is 1.46. The molecule has 0 radical (unpaired) electrons. The van der Waals surface area contributed by atoms with Gasteiger partial charge < -0.3 is 9.05 Å². The molecule has 0 atom stereocenters. The van der Waals surface area contributed by atoms with Crippen LogP contribution in [0.2, 0.25) is 10.0 Å². The van der Waals surface area contributed by atoms with Crippen LogP contribution in [0, 0.1) is 13.8 Å². The molecule has 0 aromatic heterocycles. The highest BCUT2D eigenvalue weighted by Gasteiger charge is 2.24. The van der Waals surface area contributed by atoms with E-state index in [1.165, 1.54) is 22.8 Å². The maximum Gasteiger partial charge on any atom is 0.335 e. The molecule has 0 N–H and O–H groups in total. The van der Waals surface area contributed by atoms with Gasteiger partial charge in [-0.05, 0) is 91.4 Å². The minimum absolute atomic E-state index is 0.289. The van der Waals surface area contributed by atoms with Crippen LogP contribution >= 0.6 is 30.8 Å². The summed E-state index contributed by atoms with van der Waals surface area (Å²) in [7, 11) is -3.03. The van der Waals surface area contributed by atoms with Gasteiger partial charge in [-0.25, -0.2) is 0 Å². The molecule has 0 saturated heterocycles. The van der Waals surface area contributed by atoms with E-state index in [1.807, 2.05) is 97.9 Å². The number of benzene rings is 4. The van der Waals surface area contributed by atoms with Crippen molar-refractivity contribution < 1.29 is 18.4 Å². The van der Waals surface area contributed by atoms with Gasteiger partial charge in [0.2, 0.25) is 0 Å². The minimum atomic E-state index is -3.03. The van der Waals surface area contributed by atoms with Gasteiger partial charge in [0.25, 0.3) is 0 Å². The van der Waals surface area contributed by atoms with Crippen molar-refractivity contribution in [3.05, 3.63) is 159 Å². The van der Waals surface area contributed by atoms with E-state index < -0.39 is 7.60 Å². The topological polar surface area (TPSA) is 52.6 Å². The zero-order valence-electron chi connectivity index (χ0n) is 26.2. The second-order valence-corrected chi connectivity index (χ2v) is 12.6. The fourth-order valence-corrected chi connectivity index (χ4v) is 6.27. The average Bonchev–Trinajstić information content (AvgIpc) is 3.02. The van der Waals surface area contributed by atoms with Gasteiger partial charge in [-0.3, -0.25) is 9.36 Å². The van der Waals surface area contributed by atoms with E-state index >= 15 is 0 Å². The number of halogens is 2. The first-order valence-electron chi connectivity index (χ1n) is 14.7. The molecule has 0 aliphatic carbocycles. The van der Waals surface area contributed by atoms with Crippen LogP contribution in [0.5, 0.6) is 0 Å². The predicted molar refractivity (Wildman–Crippen MR) is 193 cm³/mol. The van der Waals surface area contributed by atoms with Crippen LogP contribution in [0.25, 0.3) is 18.2 Å². The zero-order chi connectivity index (χ0) is 32.9. The van der Waals surface area contributed by atoms with E-state index in [-0.39, 0.29) is 6.16 Å². The highest BCUT2D eigenvalue weighted by molar-refractivity contribution is 7.53. The maximum absolute atomic E-state index is 12.3. The van der Waals surface area contributed by atoms with Gasteiger partial charge in [0.15, 0.2) is 0 Å². The SMILES string of the molecule is CCOP(=O)(Cc1ccc(Cl)cc1C)OCC.Cc1cc(Cl)ccc1/C=C/C=C/c1ccccc1.O=C/C=C/c1ccccc1. The Bertz CT molecular complexity index is 1570. The zero-order valence-corrected chi connectivity index (χ0v) is 28.6. The summed E-state index contributed by atoms with van der Waals surface area (Å²) in [6, 6.07) is 31.4. The minimum Gasteiger partial charge on any atom is -0.309 e. The molecule has 0 heterocycles. The molecule has 4 nitrogen and oxygen atoms in total. The van der Waals surface area contributed by atoms with Crippen LogP contribution in [0.1, 0.15) is 47.2 Å². The van der Waals surface area contributed by atoms with E-state index in [2.05, 4.69) is 31.2 Å². The monoisotopic (exact) mass is 662 g/mol. The van der Waals surface area contributed by atoms with Gasteiger partial charge in [0, 0.05) is 10.0 Å². The molecule has 0 unspecified atom stereocenters. The molecule has 4 aromatic carbocycles. The molecule has 0 fully saturated rings. The van der Waals surface area contributed by atoms with Gasteiger partial charge in [0.1, 0.15) is 6.29 Å². The normalized spacial score (nSPS) is 11.2. The molecule has 7 heteroatoms. The first-order valence-corrected chi connectivity index (χ1v) is 17.1. The molecule has 4 rings (SSSR count). The fraction of sp³-hybridized carbons (Fsp3) is 0.184. The number of aldehydes is 1. The number of carbonyl (C=O) groups excluding carboxylic acids is 1. The Morgan fingerprint density at radius 3 is 1.62 bits per heavy atom. The lowest BCUT2D eigenvalue weighted by atomic mass is 10.1. The van der Waals surface area contributed by atoms with Gasteiger partial charge in [-0.1, -0.05) is 126 Å². The van der Waals surface area contributed by atoms with Gasteiger partial charge in [-0.2, -0.15) is 0 Å². The average molecular weight is 664 g/mol. The summed E-state index contributed by atoms with van der Waals surface area (Å²) >= 11 is 11.8. The number of aryl methyl sites for hydroxylation is 2. The number of rotatable bonds is 11. The van der Waals surface area contributed by atoms with Crippen molar-refractivity contribution in [2.45, 2.75) is 33.9 Å². The Labute approximate surface area is 278 Å². The lowest BCUT2D eigenvalue weighted by Crippen LogP contribution is -2.00. The number of carbonyl (C=O) groups is 1. The van der Waals surface area contributed by atoms with Gasteiger partial charge >= 0.3 is 7.60 Å². The fourth-order valence-electron chi connectivity index (χ4n) is 4.00. The molecule has 0 amide bonds. The van der Waals surface area contributed by atoms with Crippen LogP contribution in [0.4, 0.5) is 0 Å². The summed E-state index contributed by atoms with van der Waals surface area (Å²) in [4.78, 5) is 9.89. The number of allylic oxidation sites excluding steroid dienone is 3. The third-order valence-corrected chi connectivity index (χ3v) is 8.70. The largest absolute Gasteiger partial charge is 0.335 e. The molecule has 0 aliphatic heterocycles. The predicted octanol–water partition coefficient (Wildman–Crippen LogP) is 11.7. The second-order valence-electron chi connectivity index (χ2n) is 9.71.